The standard InChI is InChI=1S/C21H29N5O3/c1-13(22-15-11-20(3,4)24-21(5,6)12-15)18-14(2)23-25(19(18)27)16-7-9-17(10-8-16)26(28)29/h7-10,15,18,24H,11-12H2,1-6H3/p+1/t18-/m1/s1. The van der Waals surface area contributed by atoms with E-state index in [9.17, 15) is 14.9 Å². The van der Waals surface area contributed by atoms with Gasteiger partial charge in [0, 0.05) is 30.7 Å². The molecule has 1 amide bonds. The van der Waals surface area contributed by atoms with Crippen molar-refractivity contribution in [1.82, 2.24) is 0 Å². The Kier molecular flexibility index (Phi) is 5.34. The Balaban J connectivity index is 1.81. The summed E-state index contributed by atoms with van der Waals surface area (Å²) in [4.78, 5) is 28.4. The topological polar surface area (TPSA) is 105 Å². The van der Waals surface area contributed by atoms with Crippen molar-refractivity contribution >= 4 is 28.7 Å². The molecule has 2 N–H and O–H groups in total. The van der Waals surface area contributed by atoms with Crippen LogP contribution in [0.4, 0.5) is 11.4 Å². The number of carbonyl (C=O) groups is 1. The molecular formula is C21H30N5O3+. The van der Waals surface area contributed by atoms with E-state index in [1.807, 2.05) is 13.8 Å². The zero-order valence-electron chi connectivity index (χ0n) is 18.0. The van der Waals surface area contributed by atoms with E-state index in [4.69, 9.17) is 4.99 Å². The van der Waals surface area contributed by atoms with Gasteiger partial charge in [-0.1, -0.05) is 0 Å². The predicted molar refractivity (Wildman–Crippen MR) is 113 cm³/mol. The number of anilines is 1. The number of carbonyl (C=O) groups excluding carboxylic acids is 1. The van der Waals surface area contributed by atoms with Gasteiger partial charge in [-0.2, -0.15) is 10.1 Å². The number of nitrogens with zero attached hydrogens (tertiary/aromatic N) is 4. The fourth-order valence-corrected chi connectivity index (χ4v) is 4.86. The number of aliphatic imine (C=N–C) groups is 1. The number of rotatable bonds is 4. The maximum Gasteiger partial charge on any atom is 0.269 e. The van der Waals surface area contributed by atoms with Gasteiger partial charge in [0.15, 0.2) is 0 Å². The summed E-state index contributed by atoms with van der Waals surface area (Å²) in [6, 6.07) is 6.02. The zero-order valence-corrected chi connectivity index (χ0v) is 18.0. The van der Waals surface area contributed by atoms with Gasteiger partial charge in [-0.25, -0.2) is 0 Å². The molecule has 1 aromatic carbocycles. The number of quaternary nitrogens is 1. The van der Waals surface area contributed by atoms with Gasteiger partial charge < -0.3 is 5.32 Å². The first-order chi connectivity index (χ1) is 13.4. The molecule has 0 saturated carbocycles. The van der Waals surface area contributed by atoms with Crippen molar-refractivity contribution in [1.29, 1.82) is 0 Å². The van der Waals surface area contributed by atoms with E-state index in [2.05, 4.69) is 38.1 Å². The summed E-state index contributed by atoms with van der Waals surface area (Å²) < 4.78 is 0. The lowest BCUT2D eigenvalue weighted by Crippen LogP contribution is -3.05. The average Bonchev–Trinajstić information content (AvgIpc) is 2.86. The molecule has 156 valence electrons. The number of non-ortho nitro benzene ring substituents is 1. The maximum absolute atomic E-state index is 13.1. The molecular weight excluding hydrogens is 370 g/mol. The van der Waals surface area contributed by atoms with Crippen molar-refractivity contribution in [3.8, 4) is 0 Å². The van der Waals surface area contributed by atoms with Crippen molar-refractivity contribution in [2.75, 3.05) is 5.01 Å². The summed E-state index contributed by atoms with van der Waals surface area (Å²) in [7, 11) is 0. The van der Waals surface area contributed by atoms with Gasteiger partial charge in [0.25, 0.3) is 11.6 Å². The van der Waals surface area contributed by atoms with Gasteiger partial charge in [0.05, 0.1) is 33.4 Å². The maximum atomic E-state index is 13.1. The van der Waals surface area contributed by atoms with Crippen LogP contribution in [0.2, 0.25) is 0 Å². The minimum atomic E-state index is -0.484. The minimum absolute atomic E-state index is 0.0188. The summed E-state index contributed by atoms with van der Waals surface area (Å²) in [5.41, 5.74) is 2.17. The Morgan fingerprint density at radius 2 is 1.76 bits per heavy atom. The molecule has 1 fully saturated rings. The van der Waals surface area contributed by atoms with Crippen molar-refractivity contribution in [2.24, 2.45) is 16.0 Å². The van der Waals surface area contributed by atoms with Crippen LogP contribution in [0, 0.1) is 16.0 Å². The number of nitrogens with two attached hydrogens (primary N) is 1. The number of hydrogen-bond donors (Lipinski definition) is 1. The predicted octanol–water partition coefficient (Wildman–Crippen LogP) is 2.68. The lowest BCUT2D eigenvalue weighted by atomic mass is 9.79. The van der Waals surface area contributed by atoms with E-state index in [-0.39, 0.29) is 28.7 Å². The van der Waals surface area contributed by atoms with Crippen LogP contribution >= 0.6 is 0 Å². The van der Waals surface area contributed by atoms with Crippen LogP contribution in [-0.2, 0) is 4.79 Å². The molecule has 1 atom stereocenters. The number of hydrogen-bond acceptors (Lipinski definition) is 5. The normalized spacial score (nSPS) is 24.6. The second-order valence-electron chi connectivity index (χ2n) is 9.55. The molecule has 3 rings (SSSR count). The summed E-state index contributed by atoms with van der Waals surface area (Å²) in [6.07, 6.45) is 1.91. The van der Waals surface area contributed by atoms with E-state index in [1.165, 1.54) is 17.1 Å². The molecule has 0 unspecified atom stereocenters. The molecule has 29 heavy (non-hydrogen) atoms. The summed E-state index contributed by atoms with van der Waals surface area (Å²) in [5, 5.41) is 19.0. The van der Waals surface area contributed by atoms with Gasteiger partial charge in [-0.15, -0.1) is 0 Å². The highest BCUT2D eigenvalue weighted by atomic mass is 16.6. The highest BCUT2D eigenvalue weighted by molar-refractivity contribution is 6.27. The molecule has 0 aliphatic carbocycles. The number of amides is 1. The first-order valence-corrected chi connectivity index (χ1v) is 9.93. The Labute approximate surface area is 171 Å². The molecule has 2 heterocycles. The number of nitro benzene ring substituents is 1. The third-order valence-electron chi connectivity index (χ3n) is 5.55. The molecule has 0 aromatic heterocycles. The summed E-state index contributed by atoms with van der Waals surface area (Å²) >= 11 is 0. The van der Waals surface area contributed by atoms with E-state index < -0.39 is 10.8 Å². The highest BCUT2D eigenvalue weighted by Crippen LogP contribution is 2.29. The van der Waals surface area contributed by atoms with Crippen LogP contribution < -0.4 is 10.3 Å². The lowest BCUT2D eigenvalue weighted by Gasteiger charge is -2.41. The van der Waals surface area contributed by atoms with Crippen LogP contribution in [0.1, 0.15) is 54.4 Å². The second kappa shape index (κ2) is 7.33. The van der Waals surface area contributed by atoms with Crippen molar-refractivity contribution in [2.45, 2.75) is 71.5 Å². The number of benzene rings is 1. The van der Waals surface area contributed by atoms with Crippen molar-refractivity contribution in [3.05, 3.63) is 34.4 Å². The Hall–Kier alpha value is -2.61. The van der Waals surface area contributed by atoms with Crippen LogP contribution in [0.15, 0.2) is 34.4 Å². The fraction of sp³-hybridized carbons (Fsp3) is 0.571. The van der Waals surface area contributed by atoms with Crippen LogP contribution in [0.5, 0.6) is 0 Å². The third-order valence-corrected chi connectivity index (χ3v) is 5.55. The van der Waals surface area contributed by atoms with E-state index in [1.54, 1.807) is 12.1 Å². The van der Waals surface area contributed by atoms with E-state index >= 15 is 0 Å². The number of nitro groups is 1. The smallest absolute Gasteiger partial charge is 0.269 e. The molecule has 2 aliphatic rings. The molecule has 2 aliphatic heterocycles. The number of piperidine rings is 1. The van der Waals surface area contributed by atoms with Gasteiger partial charge in [0.1, 0.15) is 5.92 Å². The van der Waals surface area contributed by atoms with Crippen LogP contribution in [0.25, 0.3) is 0 Å². The molecule has 0 radical (unpaired) electrons. The van der Waals surface area contributed by atoms with E-state index in [0.717, 1.165) is 18.6 Å². The summed E-state index contributed by atoms with van der Waals surface area (Å²) in [5.74, 6) is -0.652. The lowest BCUT2D eigenvalue weighted by molar-refractivity contribution is -0.787. The largest absolute Gasteiger partial charge is 0.337 e. The molecule has 0 spiro atoms. The summed E-state index contributed by atoms with van der Waals surface area (Å²) in [6.45, 7) is 12.7. The van der Waals surface area contributed by atoms with Crippen LogP contribution in [0.3, 0.4) is 0 Å². The SMILES string of the molecule is CC(=NC1CC(C)(C)[NH2+]C(C)(C)C1)[C@H]1C(=O)N(c2ccc([N+](=O)[O-])cc2)N=C1C. The van der Waals surface area contributed by atoms with Crippen molar-refractivity contribution in [3.63, 3.8) is 0 Å². The van der Waals surface area contributed by atoms with Crippen molar-refractivity contribution < 1.29 is 15.0 Å². The minimum Gasteiger partial charge on any atom is -0.337 e. The first-order valence-electron chi connectivity index (χ1n) is 9.93. The number of hydrazone groups is 1. The zero-order chi connectivity index (χ0) is 21.6. The molecule has 8 heteroatoms. The Morgan fingerprint density at radius 1 is 1.21 bits per heavy atom. The molecule has 8 nitrogen and oxygen atoms in total. The monoisotopic (exact) mass is 400 g/mol. The van der Waals surface area contributed by atoms with E-state index in [0.29, 0.717) is 11.4 Å². The van der Waals surface area contributed by atoms with Gasteiger partial charge in [-0.3, -0.25) is 19.9 Å². The van der Waals surface area contributed by atoms with Crippen LogP contribution in [-0.4, -0.2) is 39.4 Å². The molecule has 0 bridgehead atoms. The molecule has 1 aromatic rings. The quantitative estimate of drug-likeness (QED) is 0.477. The van der Waals surface area contributed by atoms with Gasteiger partial charge in [-0.05, 0) is 53.7 Å². The molecule has 1 saturated heterocycles. The third kappa shape index (κ3) is 4.53. The highest BCUT2D eigenvalue weighted by Gasteiger charge is 2.43. The Morgan fingerprint density at radius 3 is 2.28 bits per heavy atom. The van der Waals surface area contributed by atoms with Gasteiger partial charge in [0.2, 0.25) is 0 Å². The first kappa shape index (κ1) is 21.1. The second-order valence-corrected chi connectivity index (χ2v) is 9.55. The average molecular weight is 401 g/mol. The Bertz CT molecular complexity index is 870. The fourth-order valence-electron chi connectivity index (χ4n) is 4.86. The van der Waals surface area contributed by atoms with Gasteiger partial charge >= 0.3 is 0 Å².